The zero-order chi connectivity index (χ0) is 15.5. The first-order valence-corrected chi connectivity index (χ1v) is 8.06. The minimum atomic E-state index is 0.261. The molecule has 3 rings (SSSR count). The smallest absolute Gasteiger partial charge is 0.179 e. The van der Waals surface area contributed by atoms with Crippen LogP contribution < -0.4 is 9.47 Å². The molecule has 6 heteroatoms. The molecule has 1 unspecified atom stereocenters. The maximum Gasteiger partial charge on any atom is 0.179 e. The molecule has 2 heterocycles. The Morgan fingerprint density at radius 2 is 2.05 bits per heavy atom. The van der Waals surface area contributed by atoms with Crippen LogP contribution in [-0.2, 0) is 11.3 Å². The number of benzene rings is 1. The van der Waals surface area contributed by atoms with Gasteiger partial charge in [-0.15, -0.1) is 0 Å². The SMILES string of the molecule is CN(C)CC1CN(Cc2cc(Cl)c3c(c2)OCCO3)CCO1. The van der Waals surface area contributed by atoms with Gasteiger partial charge in [-0.1, -0.05) is 11.6 Å². The third kappa shape index (κ3) is 3.84. The first-order chi connectivity index (χ1) is 10.6. The number of hydrogen-bond acceptors (Lipinski definition) is 5. The molecule has 22 heavy (non-hydrogen) atoms. The predicted molar refractivity (Wildman–Crippen MR) is 86.0 cm³/mol. The summed E-state index contributed by atoms with van der Waals surface area (Å²) in [6.07, 6.45) is 0.261. The molecule has 1 aromatic rings. The summed E-state index contributed by atoms with van der Waals surface area (Å²) in [5.41, 5.74) is 1.15. The highest BCUT2D eigenvalue weighted by atomic mass is 35.5. The van der Waals surface area contributed by atoms with Gasteiger partial charge >= 0.3 is 0 Å². The highest BCUT2D eigenvalue weighted by Gasteiger charge is 2.22. The average molecular weight is 327 g/mol. The quantitative estimate of drug-likeness (QED) is 0.844. The fourth-order valence-electron chi connectivity index (χ4n) is 2.96. The summed E-state index contributed by atoms with van der Waals surface area (Å²) < 4.78 is 17.0. The first kappa shape index (κ1) is 15.9. The lowest BCUT2D eigenvalue weighted by Gasteiger charge is -2.34. The molecule has 2 aliphatic rings. The van der Waals surface area contributed by atoms with Gasteiger partial charge in [0.15, 0.2) is 11.5 Å². The van der Waals surface area contributed by atoms with Crippen molar-refractivity contribution in [1.29, 1.82) is 0 Å². The lowest BCUT2D eigenvalue weighted by atomic mass is 10.1. The zero-order valence-electron chi connectivity index (χ0n) is 13.2. The van der Waals surface area contributed by atoms with Gasteiger partial charge in [0.05, 0.1) is 17.7 Å². The van der Waals surface area contributed by atoms with Crippen LogP contribution in [0.25, 0.3) is 0 Å². The van der Waals surface area contributed by atoms with E-state index in [1.807, 2.05) is 12.1 Å². The van der Waals surface area contributed by atoms with Crippen molar-refractivity contribution in [2.24, 2.45) is 0 Å². The van der Waals surface area contributed by atoms with Crippen LogP contribution in [0.5, 0.6) is 11.5 Å². The van der Waals surface area contributed by atoms with Crippen LogP contribution >= 0.6 is 11.6 Å². The summed E-state index contributed by atoms with van der Waals surface area (Å²) in [5.74, 6) is 1.43. The lowest BCUT2D eigenvalue weighted by molar-refractivity contribution is -0.0407. The Bertz CT molecular complexity index is 524. The van der Waals surface area contributed by atoms with Gasteiger partial charge in [-0.2, -0.15) is 0 Å². The Hall–Kier alpha value is -1.01. The number of nitrogens with zero attached hydrogens (tertiary/aromatic N) is 2. The predicted octanol–water partition coefficient (Wildman–Crippen LogP) is 1.87. The lowest BCUT2D eigenvalue weighted by Crippen LogP contribution is -2.45. The van der Waals surface area contributed by atoms with E-state index < -0.39 is 0 Å². The second-order valence-electron chi connectivity index (χ2n) is 6.09. The van der Waals surface area contributed by atoms with Crippen molar-refractivity contribution in [3.63, 3.8) is 0 Å². The van der Waals surface area contributed by atoms with Crippen molar-refractivity contribution in [2.45, 2.75) is 12.6 Å². The van der Waals surface area contributed by atoms with Crippen LogP contribution in [0.1, 0.15) is 5.56 Å². The van der Waals surface area contributed by atoms with Crippen molar-refractivity contribution >= 4 is 11.6 Å². The number of rotatable bonds is 4. The van der Waals surface area contributed by atoms with Gasteiger partial charge in [0.2, 0.25) is 0 Å². The Balaban J connectivity index is 1.66. The second kappa shape index (κ2) is 7.04. The molecule has 1 saturated heterocycles. The van der Waals surface area contributed by atoms with Crippen molar-refractivity contribution < 1.29 is 14.2 Å². The maximum absolute atomic E-state index is 6.31. The van der Waals surface area contributed by atoms with Crippen molar-refractivity contribution in [3.05, 3.63) is 22.7 Å². The van der Waals surface area contributed by atoms with Gasteiger partial charge < -0.3 is 19.1 Å². The molecular formula is C16H23ClN2O3. The molecule has 1 aromatic carbocycles. The van der Waals surface area contributed by atoms with Gasteiger partial charge in [-0.05, 0) is 31.8 Å². The molecule has 0 saturated carbocycles. The third-order valence-corrected chi connectivity index (χ3v) is 4.14. The Kier molecular flexibility index (Phi) is 5.08. The van der Waals surface area contributed by atoms with Gasteiger partial charge in [0.1, 0.15) is 13.2 Å². The van der Waals surface area contributed by atoms with E-state index in [0.29, 0.717) is 24.0 Å². The van der Waals surface area contributed by atoms with Gasteiger partial charge in [0.25, 0.3) is 0 Å². The summed E-state index contributed by atoms with van der Waals surface area (Å²) in [6.45, 7) is 5.58. The molecule has 5 nitrogen and oxygen atoms in total. The number of halogens is 1. The maximum atomic E-state index is 6.31. The van der Waals surface area contributed by atoms with E-state index in [9.17, 15) is 0 Å². The average Bonchev–Trinajstić information content (AvgIpc) is 2.47. The molecule has 0 radical (unpaired) electrons. The van der Waals surface area contributed by atoms with Gasteiger partial charge in [-0.3, -0.25) is 4.90 Å². The largest absolute Gasteiger partial charge is 0.486 e. The van der Waals surface area contributed by atoms with E-state index in [1.165, 1.54) is 0 Å². The molecule has 1 atom stereocenters. The van der Waals surface area contributed by atoms with E-state index in [-0.39, 0.29) is 6.10 Å². The molecule has 2 aliphatic heterocycles. The highest BCUT2D eigenvalue weighted by molar-refractivity contribution is 6.32. The van der Waals surface area contributed by atoms with Crippen LogP contribution in [0.2, 0.25) is 5.02 Å². The number of fused-ring (bicyclic) bond motifs is 1. The summed E-state index contributed by atoms with van der Waals surface area (Å²) in [7, 11) is 4.14. The van der Waals surface area contributed by atoms with Crippen molar-refractivity contribution in [1.82, 2.24) is 9.80 Å². The molecule has 0 bridgehead atoms. The molecule has 0 aromatic heterocycles. The van der Waals surface area contributed by atoms with Gasteiger partial charge in [-0.25, -0.2) is 0 Å². The Labute approximate surface area is 136 Å². The first-order valence-electron chi connectivity index (χ1n) is 7.68. The molecular weight excluding hydrogens is 304 g/mol. The monoisotopic (exact) mass is 326 g/mol. The Morgan fingerprint density at radius 1 is 1.23 bits per heavy atom. The summed E-state index contributed by atoms with van der Waals surface area (Å²) >= 11 is 6.31. The molecule has 0 amide bonds. The Morgan fingerprint density at radius 3 is 2.86 bits per heavy atom. The number of ether oxygens (including phenoxy) is 3. The van der Waals surface area contributed by atoms with E-state index in [1.54, 1.807) is 0 Å². The van der Waals surface area contributed by atoms with E-state index in [4.69, 9.17) is 25.8 Å². The number of hydrogen-bond donors (Lipinski definition) is 0. The van der Waals surface area contributed by atoms with E-state index in [0.717, 1.165) is 44.1 Å². The van der Waals surface area contributed by atoms with Crippen molar-refractivity contribution in [2.75, 3.05) is 53.6 Å². The third-order valence-electron chi connectivity index (χ3n) is 3.85. The summed E-state index contributed by atoms with van der Waals surface area (Å²) in [4.78, 5) is 4.56. The summed E-state index contributed by atoms with van der Waals surface area (Å²) in [5, 5.41) is 0.630. The topological polar surface area (TPSA) is 34.2 Å². The van der Waals surface area contributed by atoms with E-state index in [2.05, 4.69) is 23.9 Å². The molecule has 1 fully saturated rings. The minimum Gasteiger partial charge on any atom is -0.486 e. The van der Waals surface area contributed by atoms with Crippen LogP contribution in [0.15, 0.2) is 12.1 Å². The molecule has 0 spiro atoms. The van der Waals surface area contributed by atoms with Crippen LogP contribution in [0, 0.1) is 0 Å². The number of morpholine rings is 1. The molecule has 0 aliphatic carbocycles. The fourth-order valence-corrected chi connectivity index (χ4v) is 3.24. The van der Waals surface area contributed by atoms with Gasteiger partial charge in [0, 0.05) is 26.2 Å². The number of likely N-dealkylation sites (N-methyl/N-ethyl adjacent to an activating group) is 1. The van der Waals surface area contributed by atoms with Crippen LogP contribution in [0.3, 0.4) is 0 Å². The summed E-state index contributed by atoms with van der Waals surface area (Å²) in [6, 6.07) is 4.02. The van der Waals surface area contributed by atoms with Crippen LogP contribution in [0.4, 0.5) is 0 Å². The minimum absolute atomic E-state index is 0.261. The fraction of sp³-hybridized carbons (Fsp3) is 0.625. The van der Waals surface area contributed by atoms with E-state index >= 15 is 0 Å². The normalized spacial score (nSPS) is 22.1. The second-order valence-corrected chi connectivity index (χ2v) is 6.50. The molecule has 122 valence electrons. The zero-order valence-corrected chi connectivity index (χ0v) is 13.9. The van der Waals surface area contributed by atoms with Crippen molar-refractivity contribution in [3.8, 4) is 11.5 Å². The van der Waals surface area contributed by atoms with Crippen LogP contribution in [-0.4, -0.2) is 69.5 Å². The highest BCUT2D eigenvalue weighted by Crippen LogP contribution is 2.38. The molecule has 0 N–H and O–H groups in total. The standard InChI is InChI=1S/C16H23ClN2O3/c1-18(2)10-13-11-19(3-4-20-13)9-12-7-14(17)16-15(8-12)21-5-6-22-16/h7-8,13H,3-6,9-11H2,1-2H3.